The monoisotopic (exact) mass is 861 g/mol. The molecule has 0 saturated carbocycles. The highest BCUT2D eigenvalue weighted by Crippen LogP contribution is 2.59. The second-order valence-electron chi connectivity index (χ2n) is 22.1. The van der Waals surface area contributed by atoms with Gasteiger partial charge in [0.1, 0.15) is 0 Å². The van der Waals surface area contributed by atoms with Gasteiger partial charge in [0, 0.05) is 37.3 Å². The van der Waals surface area contributed by atoms with Crippen molar-refractivity contribution in [3.05, 3.63) is 142 Å². The minimum Gasteiger partial charge on any atom is -0.379 e. The number of rotatable bonds is 24. The average Bonchev–Trinajstić information content (AvgIpc) is 3.23. The summed E-state index contributed by atoms with van der Waals surface area (Å²) < 4.78 is 25.7. The van der Waals surface area contributed by atoms with Crippen LogP contribution in [0.25, 0.3) is 0 Å². The summed E-state index contributed by atoms with van der Waals surface area (Å²) in [6.07, 6.45) is 6.72. The summed E-state index contributed by atoms with van der Waals surface area (Å²) in [6.45, 7) is 38.1. The summed E-state index contributed by atoms with van der Waals surface area (Å²) in [6, 6.07) is 37.3. The Balaban J connectivity index is 2.25. The van der Waals surface area contributed by atoms with Crippen LogP contribution in [0.2, 0.25) is 0 Å². The van der Waals surface area contributed by atoms with Gasteiger partial charge < -0.3 is 18.9 Å². The van der Waals surface area contributed by atoms with E-state index in [9.17, 15) is 0 Å². The molecule has 0 spiro atoms. The largest absolute Gasteiger partial charge is 0.379 e. The predicted octanol–water partition coefficient (Wildman–Crippen LogP) is 14.8. The van der Waals surface area contributed by atoms with Crippen molar-refractivity contribution in [2.24, 2.45) is 0 Å². The molecule has 0 unspecified atom stereocenters. The van der Waals surface area contributed by atoms with Crippen molar-refractivity contribution < 1.29 is 18.9 Å². The molecule has 4 aromatic rings. The molecule has 0 aliphatic carbocycles. The fourth-order valence-electron chi connectivity index (χ4n) is 9.95. The summed E-state index contributed by atoms with van der Waals surface area (Å²) >= 11 is 0. The highest BCUT2D eigenvalue weighted by molar-refractivity contribution is 5.58. The van der Waals surface area contributed by atoms with Crippen LogP contribution in [-0.2, 0) is 57.9 Å². The van der Waals surface area contributed by atoms with Crippen LogP contribution < -0.4 is 0 Å². The van der Waals surface area contributed by atoms with E-state index in [0.29, 0.717) is 39.6 Å². The maximum atomic E-state index is 6.81. The molecular weight excluding hydrogens is 773 g/mol. The molecule has 0 aromatic heterocycles. The zero-order valence-corrected chi connectivity index (χ0v) is 42.5. The average molecular weight is 861 g/mol. The molecule has 4 aromatic carbocycles. The van der Waals surface area contributed by atoms with Gasteiger partial charge in [-0.15, -0.1) is 0 Å². The molecule has 4 heteroatoms. The van der Waals surface area contributed by atoms with Gasteiger partial charge in [0.15, 0.2) is 0 Å². The summed E-state index contributed by atoms with van der Waals surface area (Å²) in [7, 11) is 0. The number of ether oxygens (including phenoxy) is 4. The highest BCUT2D eigenvalue weighted by Gasteiger charge is 2.57. The van der Waals surface area contributed by atoms with Gasteiger partial charge in [0.25, 0.3) is 0 Å². The first kappa shape index (κ1) is 52.3. The molecule has 0 aliphatic rings. The highest BCUT2D eigenvalue weighted by atomic mass is 16.5. The third-order valence-corrected chi connectivity index (χ3v) is 13.1. The van der Waals surface area contributed by atoms with Crippen molar-refractivity contribution in [3.8, 4) is 0 Å². The summed E-state index contributed by atoms with van der Waals surface area (Å²) in [5.41, 5.74) is 9.42. The lowest BCUT2D eigenvalue weighted by atomic mass is 9.47. The molecule has 0 fully saturated rings. The van der Waals surface area contributed by atoms with Crippen LogP contribution in [0.15, 0.2) is 97.1 Å². The molecule has 0 aliphatic heterocycles. The van der Waals surface area contributed by atoms with Gasteiger partial charge in [0.05, 0.1) is 26.4 Å². The van der Waals surface area contributed by atoms with E-state index in [0.717, 1.165) is 58.2 Å². The molecule has 4 nitrogen and oxygen atoms in total. The van der Waals surface area contributed by atoms with Crippen molar-refractivity contribution in [1.29, 1.82) is 0 Å². The zero-order valence-electron chi connectivity index (χ0n) is 42.5. The van der Waals surface area contributed by atoms with Crippen LogP contribution in [0.1, 0.15) is 180 Å². The first-order chi connectivity index (χ1) is 29.8. The Hall–Kier alpha value is -3.28. The van der Waals surface area contributed by atoms with Crippen molar-refractivity contribution >= 4 is 0 Å². The Morgan fingerprint density at radius 1 is 0.365 bits per heavy atom. The maximum Gasteiger partial charge on any atom is 0.0700 e. The zero-order chi connectivity index (χ0) is 46.4. The molecule has 0 atom stereocenters. The molecule has 4 rings (SSSR count). The molecule has 63 heavy (non-hydrogen) atoms. The fourth-order valence-corrected chi connectivity index (χ4v) is 9.95. The summed E-state index contributed by atoms with van der Waals surface area (Å²) in [4.78, 5) is 0. The van der Waals surface area contributed by atoms with E-state index in [2.05, 4.69) is 194 Å². The summed E-state index contributed by atoms with van der Waals surface area (Å²) in [5.74, 6) is 0. The van der Waals surface area contributed by atoms with E-state index in [1.165, 1.54) is 44.5 Å². The van der Waals surface area contributed by atoms with Crippen molar-refractivity contribution in [1.82, 2.24) is 0 Å². The second kappa shape index (κ2) is 23.3. The van der Waals surface area contributed by atoms with Crippen LogP contribution >= 0.6 is 0 Å². The number of hydrogen-bond acceptors (Lipinski definition) is 4. The standard InChI is InChI=1S/C59H88O4/c1-15-17-37-60-41-43-62-39-35-58(36-40-63-44-42-61-38-18-16-2,53-51(56(9,10)11)33-26-34-52(53)57(12,13)14)59(46-27-21-19-22-28-46,47-29-23-20-24-30-47)45-48-49(54(3,4)5)31-25-32-50(48)55(6,7)8/h19-34H,15-18,35-45H2,1-14H3. The lowest BCUT2D eigenvalue weighted by molar-refractivity contribution is 0.0167. The molecule has 0 saturated heterocycles. The molecule has 0 bridgehead atoms. The lowest BCUT2D eigenvalue weighted by Crippen LogP contribution is -2.55. The fraction of sp³-hybridized carbons (Fsp3) is 0.593. The Labute approximate surface area is 386 Å². The lowest BCUT2D eigenvalue weighted by Gasteiger charge is -2.56. The maximum absolute atomic E-state index is 6.81. The van der Waals surface area contributed by atoms with Gasteiger partial charge in [-0.2, -0.15) is 0 Å². The molecular formula is C59H88O4. The third kappa shape index (κ3) is 13.4. The van der Waals surface area contributed by atoms with E-state index < -0.39 is 10.8 Å². The Morgan fingerprint density at radius 3 is 1.03 bits per heavy atom. The van der Waals surface area contributed by atoms with Crippen molar-refractivity contribution in [2.45, 2.75) is 174 Å². The van der Waals surface area contributed by atoms with Crippen LogP contribution in [0, 0.1) is 0 Å². The molecule has 0 radical (unpaired) electrons. The van der Waals surface area contributed by atoms with Gasteiger partial charge in [0.2, 0.25) is 0 Å². The second-order valence-corrected chi connectivity index (χ2v) is 22.1. The van der Waals surface area contributed by atoms with E-state index in [1.807, 2.05) is 0 Å². The summed E-state index contributed by atoms with van der Waals surface area (Å²) in [5, 5.41) is 0. The van der Waals surface area contributed by atoms with Gasteiger partial charge in [-0.25, -0.2) is 0 Å². The van der Waals surface area contributed by atoms with E-state index in [4.69, 9.17) is 18.9 Å². The van der Waals surface area contributed by atoms with E-state index >= 15 is 0 Å². The van der Waals surface area contributed by atoms with Crippen LogP contribution in [0.5, 0.6) is 0 Å². The topological polar surface area (TPSA) is 36.9 Å². The number of hydrogen-bond donors (Lipinski definition) is 0. The molecule has 0 amide bonds. The molecule has 348 valence electrons. The Morgan fingerprint density at radius 2 is 0.698 bits per heavy atom. The SMILES string of the molecule is CCCCOCCOCCC(CCOCCOCCCC)(c1c(C(C)(C)C)cccc1C(C)(C)C)C(Cc1c(C(C)(C)C)cccc1C(C)(C)C)(c1ccccc1)c1ccccc1. The Kier molecular flexibility index (Phi) is 19.3. The quantitative estimate of drug-likeness (QED) is 0.0658. The van der Waals surface area contributed by atoms with Crippen LogP contribution in [0.4, 0.5) is 0 Å². The van der Waals surface area contributed by atoms with Crippen LogP contribution in [0.3, 0.4) is 0 Å². The molecule has 0 heterocycles. The minimum atomic E-state index is -0.597. The number of benzene rings is 4. The van der Waals surface area contributed by atoms with Crippen LogP contribution in [-0.4, -0.2) is 52.9 Å². The first-order valence-corrected chi connectivity index (χ1v) is 24.4. The van der Waals surface area contributed by atoms with Gasteiger partial charge in [-0.1, -0.05) is 207 Å². The number of unbranched alkanes of at least 4 members (excludes halogenated alkanes) is 2. The van der Waals surface area contributed by atoms with Crippen molar-refractivity contribution in [2.75, 3.05) is 52.9 Å². The normalized spacial score (nSPS) is 13.2. The van der Waals surface area contributed by atoms with Gasteiger partial charge >= 0.3 is 0 Å². The van der Waals surface area contributed by atoms with E-state index in [-0.39, 0.29) is 21.7 Å². The third-order valence-electron chi connectivity index (χ3n) is 13.1. The minimum absolute atomic E-state index is 0.0972. The smallest absolute Gasteiger partial charge is 0.0700 e. The van der Waals surface area contributed by atoms with Crippen molar-refractivity contribution in [3.63, 3.8) is 0 Å². The van der Waals surface area contributed by atoms with Gasteiger partial charge in [-0.3, -0.25) is 0 Å². The van der Waals surface area contributed by atoms with E-state index in [1.54, 1.807) is 0 Å². The molecule has 0 N–H and O–H groups in total. The predicted molar refractivity (Wildman–Crippen MR) is 269 cm³/mol. The first-order valence-electron chi connectivity index (χ1n) is 24.4. The van der Waals surface area contributed by atoms with Gasteiger partial charge in [-0.05, 0) is 98.3 Å². The Bertz CT molecular complexity index is 1790.